The van der Waals surface area contributed by atoms with Gasteiger partial charge in [-0.25, -0.2) is 9.78 Å². The molecule has 1 aromatic rings. The van der Waals surface area contributed by atoms with E-state index in [0.29, 0.717) is 18.9 Å². The Morgan fingerprint density at radius 1 is 1.32 bits per heavy atom. The first-order valence-corrected chi connectivity index (χ1v) is 8.46. The number of rotatable bonds is 5. The second-order valence-corrected chi connectivity index (χ2v) is 6.17. The molecule has 2 rings (SSSR count). The highest BCUT2D eigenvalue weighted by molar-refractivity contribution is 5.94. The van der Waals surface area contributed by atoms with E-state index in [-0.39, 0.29) is 24.2 Å². The van der Waals surface area contributed by atoms with Gasteiger partial charge in [0.05, 0.1) is 5.92 Å². The normalized spacial score (nSPS) is 17.6. The van der Waals surface area contributed by atoms with Gasteiger partial charge in [0.2, 0.25) is 11.8 Å². The number of nitrogens with one attached hydrogen (secondary N) is 3. The summed E-state index contributed by atoms with van der Waals surface area (Å²) in [6.45, 7) is 3.85. The molecule has 1 fully saturated rings. The Morgan fingerprint density at radius 2 is 2.12 bits per heavy atom. The lowest BCUT2D eigenvalue weighted by molar-refractivity contribution is -0.121. The Labute approximate surface area is 147 Å². The molecule has 8 heteroatoms. The van der Waals surface area contributed by atoms with Crippen molar-refractivity contribution in [3.63, 3.8) is 0 Å². The van der Waals surface area contributed by atoms with Crippen LogP contribution >= 0.6 is 0 Å². The Hall–Kier alpha value is -2.48. The summed E-state index contributed by atoms with van der Waals surface area (Å²) in [5.74, 6) is 0.0673. The predicted molar refractivity (Wildman–Crippen MR) is 94.0 cm³/mol. The maximum atomic E-state index is 12.4. The van der Waals surface area contributed by atoms with Gasteiger partial charge in [0, 0.05) is 32.3 Å². The Balaban J connectivity index is 1.80. The number of carbonyl (C=O) groups is 3. The average molecular weight is 347 g/mol. The van der Waals surface area contributed by atoms with Gasteiger partial charge >= 0.3 is 6.03 Å². The van der Waals surface area contributed by atoms with Crippen LogP contribution in [0.25, 0.3) is 0 Å². The molecule has 0 saturated carbocycles. The number of carbonyl (C=O) groups excluding carboxylic acids is 3. The molecule has 136 valence electrons. The monoisotopic (exact) mass is 347 g/mol. The number of pyridine rings is 1. The molecule has 0 unspecified atom stereocenters. The topological polar surface area (TPSA) is 103 Å². The number of hydrogen-bond acceptors (Lipinski definition) is 5. The van der Waals surface area contributed by atoms with E-state index in [2.05, 4.69) is 25.8 Å². The molecule has 2 heterocycles. The fourth-order valence-electron chi connectivity index (χ4n) is 2.82. The molecule has 1 aromatic heterocycles. The van der Waals surface area contributed by atoms with Crippen LogP contribution in [0.15, 0.2) is 18.2 Å². The summed E-state index contributed by atoms with van der Waals surface area (Å²) in [5.41, 5.74) is 0.852. The number of hydrogen-bond donors (Lipinski definition) is 3. The number of anilines is 1. The first kappa shape index (κ1) is 18.9. The summed E-state index contributed by atoms with van der Waals surface area (Å²) in [7, 11) is 1.46. The van der Waals surface area contributed by atoms with Crippen molar-refractivity contribution in [1.82, 2.24) is 20.5 Å². The summed E-state index contributed by atoms with van der Waals surface area (Å²) >= 11 is 0. The fraction of sp³-hybridized carbons (Fsp3) is 0.529. The third-order valence-electron chi connectivity index (χ3n) is 4.15. The number of piperidine rings is 1. The molecule has 1 saturated heterocycles. The SMILES string of the molecule is CNC(=O)NC(=O)CCN1CCC[C@@H](C(=O)Nc2cccc(C)n2)C1. The number of likely N-dealkylation sites (tertiary alicyclic amines) is 1. The summed E-state index contributed by atoms with van der Waals surface area (Å²) < 4.78 is 0. The van der Waals surface area contributed by atoms with E-state index in [4.69, 9.17) is 0 Å². The third-order valence-corrected chi connectivity index (χ3v) is 4.15. The summed E-state index contributed by atoms with van der Waals surface area (Å²) in [5, 5.41) is 7.44. The van der Waals surface area contributed by atoms with Crippen LogP contribution in [-0.4, -0.2) is 54.4 Å². The van der Waals surface area contributed by atoms with Crippen molar-refractivity contribution < 1.29 is 14.4 Å². The molecule has 25 heavy (non-hydrogen) atoms. The average Bonchev–Trinajstić information content (AvgIpc) is 2.60. The fourth-order valence-corrected chi connectivity index (χ4v) is 2.82. The van der Waals surface area contributed by atoms with Gasteiger partial charge < -0.3 is 15.5 Å². The van der Waals surface area contributed by atoms with Gasteiger partial charge in [-0.05, 0) is 38.4 Å². The third kappa shape index (κ3) is 6.15. The molecule has 4 amide bonds. The van der Waals surface area contributed by atoms with E-state index in [9.17, 15) is 14.4 Å². The van der Waals surface area contributed by atoms with Gasteiger partial charge in [-0.1, -0.05) is 6.07 Å². The van der Waals surface area contributed by atoms with Gasteiger partial charge in [-0.15, -0.1) is 0 Å². The van der Waals surface area contributed by atoms with E-state index >= 15 is 0 Å². The van der Waals surface area contributed by atoms with Gasteiger partial charge in [-0.2, -0.15) is 0 Å². The van der Waals surface area contributed by atoms with Crippen molar-refractivity contribution in [2.24, 2.45) is 5.92 Å². The first-order valence-electron chi connectivity index (χ1n) is 8.46. The molecule has 0 radical (unpaired) electrons. The minimum atomic E-state index is -0.508. The second-order valence-electron chi connectivity index (χ2n) is 6.17. The van der Waals surface area contributed by atoms with Crippen LogP contribution < -0.4 is 16.0 Å². The number of urea groups is 1. The number of amides is 4. The van der Waals surface area contributed by atoms with Crippen LogP contribution in [0.4, 0.5) is 10.6 Å². The number of imide groups is 1. The molecule has 1 aliphatic rings. The highest BCUT2D eigenvalue weighted by atomic mass is 16.2. The molecule has 1 atom stereocenters. The zero-order valence-corrected chi connectivity index (χ0v) is 14.7. The quantitative estimate of drug-likeness (QED) is 0.734. The van der Waals surface area contributed by atoms with Crippen LogP contribution in [0.5, 0.6) is 0 Å². The largest absolute Gasteiger partial charge is 0.341 e. The highest BCUT2D eigenvalue weighted by Crippen LogP contribution is 2.18. The molecule has 8 nitrogen and oxygen atoms in total. The van der Waals surface area contributed by atoms with Gasteiger partial charge in [-0.3, -0.25) is 14.9 Å². The van der Waals surface area contributed by atoms with Gasteiger partial charge in [0.1, 0.15) is 5.82 Å². The van der Waals surface area contributed by atoms with Crippen molar-refractivity contribution in [2.45, 2.75) is 26.2 Å². The zero-order valence-electron chi connectivity index (χ0n) is 14.7. The Kier molecular flexibility index (Phi) is 6.88. The van der Waals surface area contributed by atoms with Crippen molar-refractivity contribution >= 4 is 23.7 Å². The van der Waals surface area contributed by atoms with Crippen molar-refractivity contribution in [1.29, 1.82) is 0 Å². The van der Waals surface area contributed by atoms with Crippen LogP contribution in [-0.2, 0) is 9.59 Å². The van der Waals surface area contributed by atoms with Crippen molar-refractivity contribution in [3.05, 3.63) is 23.9 Å². The number of nitrogens with zero attached hydrogens (tertiary/aromatic N) is 2. The molecule has 0 bridgehead atoms. The molecule has 1 aliphatic heterocycles. The van der Waals surface area contributed by atoms with E-state index < -0.39 is 6.03 Å². The van der Waals surface area contributed by atoms with Crippen LogP contribution in [0.1, 0.15) is 25.0 Å². The van der Waals surface area contributed by atoms with Crippen LogP contribution in [0, 0.1) is 12.8 Å². The van der Waals surface area contributed by atoms with Gasteiger partial charge in [0.15, 0.2) is 0 Å². The molecule has 3 N–H and O–H groups in total. The molecular weight excluding hydrogens is 322 g/mol. The lowest BCUT2D eigenvalue weighted by Crippen LogP contribution is -2.43. The Morgan fingerprint density at radius 3 is 2.84 bits per heavy atom. The minimum absolute atomic E-state index is 0.0439. The summed E-state index contributed by atoms with van der Waals surface area (Å²) in [6, 6.07) is 5.00. The number of aromatic nitrogens is 1. The lowest BCUT2D eigenvalue weighted by atomic mass is 9.97. The van der Waals surface area contributed by atoms with E-state index in [0.717, 1.165) is 25.1 Å². The lowest BCUT2D eigenvalue weighted by Gasteiger charge is -2.31. The Bertz CT molecular complexity index is 634. The standard InChI is InChI=1S/C17H25N5O3/c1-12-5-3-7-14(19-12)20-16(24)13-6-4-9-22(11-13)10-8-15(23)21-17(25)18-2/h3,5,7,13H,4,6,8-11H2,1-2H3,(H,19,20,24)(H2,18,21,23,25)/t13-/m1/s1. The molecular formula is C17H25N5O3. The summed E-state index contributed by atoms with van der Waals surface area (Å²) in [4.78, 5) is 41.6. The maximum Gasteiger partial charge on any atom is 0.321 e. The minimum Gasteiger partial charge on any atom is -0.341 e. The predicted octanol–water partition coefficient (Wildman–Crippen LogP) is 0.886. The van der Waals surface area contributed by atoms with Crippen LogP contribution in [0.2, 0.25) is 0 Å². The van der Waals surface area contributed by atoms with Gasteiger partial charge in [0.25, 0.3) is 0 Å². The highest BCUT2D eigenvalue weighted by Gasteiger charge is 2.26. The van der Waals surface area contributed by atoms with E-state index in [1.807, 2.05) is 19.1 Å². The first-order chi connectivity index (χ1) is 12.0. The molecule has 0 aromatic carbocycles. The molecule has 0 spiro atoms. The maximum absolute atomic E-state index is 12.4. The smallest absolute Gasteiger partial charge is 0.321 e. The second kappa shape index (κ2) is 9.12. The number of aryl methyl sites for hydroxylation is 1. The van der Waals surface area contributed by atoms with Crippen LogP contribution in [0.3, 0.4) is 0 Å². The van der Waals surface area contributed by atoms with E-state index in [1.54, 1.807) is 6.07 Å². The van der Waals surface area contributed by atoms with E-state index in [1.165, 1.54) is 7.05 Å². The zero-order chi connectivity index (χ0) is 18.2. The van der Waals surface area contributed by atoms with Crippen molar-refractivity contribution in [2.75, 3.05) is 32.0 Å². The summed E-state index contributed by atoms with van der Waals surface area (Å²) in [6.07, 6.45) is 1.94. The molecule has 0 aliphatic carbocycles. The van der Waals surface area contributed by atoms with Crippen molar-refractivity contribution in [3.8, 4) is 0 Å².